The lowest BCUT2D eigenvalue weighted by Gasteiger charge is -2.10. The molecule has 3 rings (SSSR count). The largest absolute Gasteiger partial charge is 0.310 e. The van der Waals surface area contributed by atoms with E-state index in [0.717, 1.165) is 47.1 Å². The number of hydrogen-bond donors (Lipinski definition) is 1. The summed E-state index contributed by atoms with van der Waals surface area (Å²) in [5.41, 5.74) is 4.72. The van der Waals surface area contributed by atoms with Crippen LogP contribution in [0.15, 0.2) is 23.0 Å². The van der Waals surface area contributed by atoms with Gasteiger partial charge >= 0.3 is 0 Å². The van der Waals surface area contributed by atoms with Crippen LogP contribution in [0.5, 0.6) is 0 Å². The van der Waals surface area contributed by atoms with E-state index in [2.05, 4.69) is 52.8 Å². The van der Waals surface area contributed by atoms with Crippen LogP contribution in [0.4, 0.5) is 0 Å². The first kappa shape index (κ1) is 19.2. The van der Waals surface area contributed by atoms with Crippen LogP contribution in [0.3, 0.4) is 0 Å². The summed E-state index contributed by atoms with van der Waals surface area (Å²) in [5.74, 6) is 1.86. The Hall–Kier alpha value is -2.56. The summed E-state index contributed by atoms with van der Waals surface area (Å²) in [6.07, 6.45) is 3.16. The topological polar surface area (TPSA) is 71.5 Å². The highest BCUT2D eigenvalue weighted by molar-refractivity contribution is 5.81. The molecule has 2 aromatic heterocycles. The first-order valence-electron chi connectivity index (χ1n) is 9.72. The van der Waals surface area contributed by atoms with Crippen molar-refractivity contribution in [1.29, 1.82) is 0 Å². The van der Waals surface area contributed by atoms with E-state index in [0.29, 0.717) is 24.0 Å². The summed E-state index contributed by atoms with van der Waals surface area (Å²) in [6.45, 7) is 10.4. The Bertz CT molecular complexity index is 1020. The molecule has 0 radical (unpaired) electrons. The molecular formula is C22H28N4O. The van der Waals surface area contributed by atoms with Crippen molar-refractivity contribution in [1.82, 2.24) is 19.9 Å². The summed E-state index contributed by atoms with van der Waals surface area (Å²) in [4.78, 5) is 29.3. The van der Waals surface area contributed by atoms with Gasteiger partial charge in [-0.3, -0.25) is 4.79 Å². The third-order valence-electron chi connectivity index (χ3n) is 4.97. The molecule has 0 atom stereocenters. The maximum Gasteiger partial charge on any atom is 0.254 e. The quantitative estimate of drug-likeness (QED) is 0.715. The number of aromatic amines is 1. The van der Waals surface area contributed by atoms with E-state index < -0.39 is 0 Å². The number of aryl methyl sites for hydroxylation is 3. The number of benzene rings is 1. The van der Waals surface area contributed by atoms with Gasteiger partial charge in [-0.05, 0) is 56.7 Å². The Labute approximate surface area is 160 Å². The van der Waals surface area contributed by atoms with Crippen LogP contribution < -0.4 is 5.56 Å². The molecule has 0 spiro atoms. The van der Waals surface area contributed by atoms with Gasteiger partial charge in [0.05, 0.1) is 11.9 Å². The van der Waals surface area contributed by atoms with Crippen molar-refractivity contribution in [2.45, 2.75) is 60.3 Å². The Morgan fingerprint density at radius 3 is 2.52 bits per heavy atom. The maximum atomic E-state index is 12.5. The van der Waals surface area contributed by atoms with Gasteiger partial charge in [-0.15, -0.1) is 0 Å². The minimum atomic E-state index is -0.0387. The molecule has 0 amide bonds. The van der Waals surface area contributed by atoms with Gasteiger partial charge in [0.25, 0.3) is 5.56 Å². The Kier molecular flexibility index (Phi) is 5.68. The lowest BCUT2D eigenvalue weighted by molar-refractivity contribution is 0.581. The van der Waals surface area contributed by atoms with Crippen LogP contribution in [-0.2, 0) is 19.3 Å². The molecular weight excluding hydrogens is 336 g/mol. The summed E-state index contributed by atoms with van der Waals surface area (Å²) in [5, 5.41) is 1.08. The van der Waals surface area contributed by atoms with Gasteiger partial charge in [-0.2, -0.15) is 0 Å². The second-order valence-corrected chi connectivity index (χ2v) is 7.62. The number of aromatic nitrogens is 4. The smallest absolute Gasteiger partial charge is 0.254 e. The predicted octanol–water partition coefficient (Wildman–Crippen LogP) is 4.07. The normalized spacial score (nSPS) is 11.5. The van der Waals surface area contributed by atoms with Crippen molar-refractivity contribution >= 4 is 10.9 Å². The minimum absolute atomic E-state index is 0.0387. The molecule has 3 aromatic rings. The Balaban J connectivity index is 1.90. The van der Waals surface area contributed by atoms with Gasteiger partial charge in [-0.25, -0.2) is 15.0 Å². The van der Waals surface area contributed by atoms with E-state index in [1.165, 1.54) is 5.56 Å². The van der Waals surface area contributed by atoms with Crippen LogP contribution in [-0.4, -0.2) is 19.9 Å². The van der Waals surface area contributed by atoms with Crippen LogP contribution in [0.25, 0.3) is 10.9 Å². The Morgan fingerprint density at radius 1 is 1.07 bits per heavy atom. The van der Waals surface area contributed by atoms with Crippen molar-refractivity contribution in [2.75, 3.05) is 0 Å². The first-order chi connectivity index (χ1) is 12.9. The third kappa shape index (κ3) is 4.41. The zero-order valence-electron chi connectivity index (χ0n) is 16.9. The van der Waals surface area contributed by atoms with Gasteiger partial charge in [0.2, 0.25) is 0 Å². The molecule has 142 valence electrons. The summed E-state index contributed by atoms with van der Waals surface area (Å²) in [6, 6.07) is 6.30. The molecule has 1 aromatic carbocycles. The fourth-order valence-electron chi connectivity index (χ4n) is 3.32. The highest BCUT2D eigenvalue weighted by Gasteiger charge is 2.12. The second kappa shape index (κ2) is 7.99. The number of fused-ring (bicyclic) bond motifs is 1. The predicted molar refractivity (Wildman–Crippen MR) is 109 cm³/mol. The summed E-state index contributed by atoms with van der Waals surface area (Å²) in [7, 11) is 0. The number of hydrogen-bond acceptors (Lipinski definition) is 4. The SMILES string of the molecule is CCc1ccc2nc(Cc3nc(C)c(CCC(C)C)c(=O)[nH]3)nc(C)c2c1. The number of rotatable bonds is 6. The van der Waals surface area contributed by atoms with Crippen molar-refractivity contribution in [3.8, 4) is 0 Å². The number of H-pyrrole nitrogens is 1. The van der Waals surface area contributed by atoms with E-state index in [1.807, 2.05) is 19.9 Å². The van der Waals surface area contributed by atoms with E-state index in [-0.39, 0.29) is 5.56 Å². The Morgan fingerprint density at radius 2 is 1.85 bits per heavy atom. The lowest BCUT2D eigenvalue weighted by atomic mass is 10.0. The van der Waals surface area contributed by atoms with E-state index in [1.54, 1.807) is 0 Å². The van der Waals surface area contributed by atoms with E-state index >= 15 is 0 Å². The van der Waals surface area contributed by atoms with Crippen LogP contribution >= 0.6 is 0 Å². The molecule has 0 aliphatic heterocycles. The number of nitrogens with one attached hydrogen (secondary N) is 1. The molecule has 0 fully saturated rings. The molecule has 5 heteroatoms. The minimum Gasteiger partial charge on any atom is -0.310 e. The van der Waals surface area contributed by atoms with Crippen LogP contribution in [0, 0.1) is 19.8 Å². The third-order valence-corrected chi connectivity index (χ3v) is 4.97. The molecule has 0 bridgehead atoms. The zero-order chi connectivity index (χ0) is 19.6. The van der Waals surface area contributed by atoms with Gasteiger partial charge in [0.1, 0.15) is 11.6 Å². The van der Waals surface area contributed by atoms with Crippen LogP contribution in [0.2, 0.25) is 0 Å². The van der Waals surface area contributed by atoms with Gasteiger partial charge in [0.15, 0.2) is 0 Å². The van der Waals surface area contributed by atoms with Gasteiger partial charge in [-0.1, -0.05) is 26.8 Å². The first-order valence-corrected chi connectivity index (χ1v) is 9.72. The van der Waals surface area contributed by atoms with Crippen molar-refractivity contribution in [3.63, 3.8) is 0 Å². The van der Waals surface area contributed by atoms with Crippen LogP contribution in [0.1, 0.15) is 61.4 Å². The molecule has 0 saturated heterocycles. The van der Waals surface area contributed by atoms with Gasteiger partial charge in [0, 0.05) is 22.3 Å². The zero-order valence-corrected chi connectivity index (χ0v) is 16.9. The van der Waals surface area contributed by atoms with E-state index in [9.17, 15) is 4.79 Å². The van der Waals surface area contributed by atoms with E-state index in [4.69, 9.17) is 0 Å². The average molecular weight is 364 g/mol. The molecule has 0 aliphatic carbocycles. The summed E-state index contributed by atoms with van der Waals surface area (Å²) >= 11 is 0. The summed E-state index contributed by atoms with van der Waals surface area (Å²) < 4.78 is 0. The van der Waals surface area contributed by atoms with Crippen molar-refractivity contribution in [2.24, 2.45) is 5.92 Å². The molecule has 1 N–H and O–H groups in total. The number of nitrogens with zero attached hydrogens (tertiary/aromatic N) is 3. The highest BCUT2D eigenvalue weighted by Crippen LogP contribution is 2.18. The second-order valence-electron chi connectivity index (χ2n) is 7.62. The van der Waals surface area contributed by atoms with Crippen molar-refractivity contribution < 1.29 is 0 Å². The monoisotopic (exact) mass is 364 g/mol. The fourth-order valence-corrected chi connectivity index (χ4v) is 3.32. The fraction of sp³-hybridized carbons (Fsp3) is 0.455. The van der Waals surface area contributed by atoms with Gasteiger partial charge < -0.3 is 4.98 Å². The molecule has 27 heavy (non-hydrogen) atoms. The standard InChI is InChI=1S/C22H28N4O/c1-6-16-8-10-19-18(11-16)15(5)24-20(25-19)12-21-23-14(4)17(22(27)26-21)9-7-13(2)3/h8,10-11,13H,6-7,9,12H2,1-5H3,(H,23,26,27). The molecule has 2 heterocycles. The maximum absolute atomic E-state index is 12.5. The molecule has 5 nitrogen and oxygen atoms in total. The molecule has 0 aliphatic rings. The molecule has 0 unspecified atom stereocenters. The highest BCUT2D eigenvalue weighted by atomic mass is 16.1. The molecule has 0 saturated carbocycles. The average Bonchev–Trinajstić information content (AvgIpc) is 2.60. The van der Waals surface area contributed by atoms with Crippen molar-refractivity contribution in [3.05, 3.63) is 62.7 Å². The lowest BCUT2D eigenvalue weighted by Crippen LogP contribution is -2.20.